The Morgan fingerprint density at radius 1 is 1.10 bits per heavy atom. The highest BCUT2D eigenvalue weighted by atomic mass is 79.9. The number of thiocarbonyl (C=S) groups is 1. The third-order valence-corrected chi connectivity index (χ3v) is 5.20. The second kappa shape index (κ2) is 8.64. The van der Waals surface area contributed by atoms with E-state index in [1.165, 1.54) is 0 Å². The zero-order valence-corrected chi connectivity index (χ0v) is 18.2. The highest BCUT2D eigenvalue weighted by Gasteiger charge is 2.13. The Morgan fingerprint density at radius 3 is 2.73 bits per heavy atom. The highest BCUT2D eigenvalue weighted by molar-refractivity contribution is 9.10. The highest BCUT2D eigenvalue weighted by Crippen LogP contribution is 2.28. The summed E-state index contributed by atoms with van der Waals surface area (Å²) in [5, 5.41) is 5.86. The van der Waals surface area contributed by atoms with Crippen molar-refractivity contribution in [2.75, 3.05) is 12.4 Å². The third kappa shape index (κ3) is 4.34. The van der Waals surface area contributed by atoms with Crippen molar-refractivity contribution in [2.45, 2.75) is 0 Å². The van der Waals surface area contributed by atoms with Crippen molar-refractivity contribution in [1.82, 2.24) is 10.3 Å². The zero-order chi connectivity index (χ0) is 21.1. The van der Waals surface area contributed by atoms with Gasteiger partial charge < -0.3 is 14.5 Å². The van der Waals surface area contributed by atoms with Crippen LogP contribution < -0.4 is 15.4 Å². The van der Waals surface area contributed by atoms with E-state index in [1.54, 1.807) is 43.5 Å². The first-order valence-corrected chi connectivity index (χ1v) is 10.2. The van der Waals surface area contributed by atoms with Gasteiger partial charge in [0.05, 0.1) is 12.7 Å². The fourth-order valence-corrected chi connectivity index (χ4v) is 3.54. The molecule has 0 spiro atoms. The summed E-state index contributed by atoms with van der Waals surface area (Å²) in [5.74, 6) is 0.914. The predicted octanol–water partition coefficient (Wildman–Crippen LogP) is 5.39. The Labute approximate surface area is 186 Å². The first-order chi connectivity index (χ1) is 14.5. The van der Waals surface area contributed by atoms with Crippen LogP contribution in [0.4, 0.5) is 5.69 Å². The van der Waals surface area contributed by atoms with Crippen LogP contribution in [0.2, 0.25) is 0 Å². The number of nitrogens with zero attached hydrogens (tertiary/aromatic N) is 1. The molecule has 0 aliphatic carbocycles. The summed E-state index contributed by atoms with van der Waals surface area (Å²) in [7, 11) is 1.61. The number of halogens is 1. The van der Waals surface area contributed by atoms with Crippen LogP contribution in [0.1, 0.15) is 10.4 Å². The van der Waals surface area contributed by atoms with Crippen LogP contribution in [0.5, 0.6) is 5.75 Å². The number of benzene rings is 3. The second-order valence-corrected chi connectivity index (χ2v) is 7.58. The van der Waals surface area contributed by atoms with Crippen molar-refractivity contribution in [1.29, 1.82) is 0 Å². The molecular formula is C22H16BrN3O3S. The molecule has 0 fully saturated rings. The molecule has 0 aliphatic heterocycles. The standard InChI is InChI=1S/C22H16BrN3O3S/c1-28-15-6-4-5-13(11-15)21-25-18-12-14(9-10-19(18)29-21)24-22(30)26-20(27)16-7-2-3-8-17(16)23/h2-12H,1H3,(H2,24,26,27,30). The van der Waals surface area contributed by atoms with Crippen molar-refractivity contribution in [2.24, 2.45) is 0 Å². The molecular weight excluding hydrogens is 466 g/mol. The summed E-state index contributed by atoms with van der Waals surface area (Å²) in [6.07, 6.45) is 0. The maximum atomic E-state index is 12.4. The quantitative estimate of drug-likeness (QED) is 0.380. The van der Waals surface area contributed by atoms with Gasteiger partial charge in [-0.2, -0.15) is 0 Å². The lowest BCUT2D eigenvalue weighted by atomic mass is 10.2. The van der Waals surface area contributed by atoms with Gasteiger partial charge in [-0.25, -0.2) is 4.98 Å². The summed E-state index contributed by atoms with van der Waals surface area (Å²) < 4.78 is 11.8. The molecule has 0 atom stereocenters. The second-order valence-electron chi connectivity index (χ2n) is 6.32. The molecule has 1 heterocycles. The number of fused-ring (bicyclic) bond motifs is 1. The molecule has 0 saturated heterocycles. The Hall–Kier alpha value is -3.23. The molecule has 0 saturated carbocycles. The number of anilines is 1. The van der Waals surface area contributed by atoms with Gasteiger partial charge in [0.15, 0.2) is 10.7 Å². The van der Waals surface area contributed by atoms with E-state index in [2.05, 4.69) is 31.5 Å². The van der Waals surface area contributed by atoms with E-state index in [4.69, 9.17) is 21.4 Å². The van der Waals surface area contributed by atoms with E-state index in [0.29, 0.717) is 32.7 Å². The fraction of sp³-hybridized carbons (Fsp3) is 0.0455. The summed E-state index contributed by atoms with van der Waals surface area (Å²) in [6, 6.07) is 20.0. The van der Waals surface area contributed by atoms with Gasteiger partial charge in [0, 0.05) is 15.7 Å². The fourth-order valence-electron chi connectivity index (χ4n) is 2.86. The lowest BCUT2D eigenvalue weighted by molar-refractivity contribution is 0.0977. The first-order valence-electron chi connectivity index (χ1n) is 8.95. The summed E-state index contributed by atoms with van der Waals surface area (Å²) in [5.41, 5.74) is 3.30. The number of amides is 1. The minimum absolute atomic E-state index is 0.187. The molecule has 0 unspecified atom stereocenters. The van der Waals surface area contributed by atoms with Crippen molar-refractivity contribution in [3.63, 3.8) is 0 Å². The molecule has 6 nitrogen and oxygen atoms in total. The number of carbonyl (C=O) groups excluding carboxylic acids is 1. The molecule has 1 amide bonds. The molecule has 2 N–H and O–H groups in total. The minimum atomic E-state index is -0.303. The number of aromatic nitrogens is 1. The molecule has 4 rings (SSSR count). The van der Waals surface area contributed by atoms with Crippen LogP contribution >= 0.6 is 28.1 Å². The Bertz CT molecular complexity index is 1260. The van der Waals surface area contributed by atoms with E-state index in [0.717, 1.165) is 11.3 Å². The first kappa shape index (κ1) is 20.1. The number of rotatable bonds is 4. The normalized spacial score (nSPS) is 10.6. The monoisotopic (exact) mass is 481 g/mol. The summed E-state index contributed by atoms with van der Waals surface area (Å²) >= 11 is 8.63. The topological polar surface area (TPSA) is 76.4 Å². The molecule has 150 valence electrons. The van der Waals surface area contributed by atoms with Crippen molar-refractivity contribution in [3.05, 3.63) is 76.8 Å². The zero-order valence-electron chi connectivity index (χ0n) is 15.8. The van der Waals surface area contributed by atoms with Crippen LogP contribution in [0.15, 0.2) is 75.6 Å². The van der Waals surface area contributed by atoms with Gasteiger partial charge in [0.25, 0.3) is 5.91 Å². The van der Waals surface area contributed by atoms with E-state index >= 15 is 0 Å². The van der Waals surface area contributed by atoms with Crippen LogP contribution in [-0.4, -0.2) is 23.1 Å². The van der Waals surface area contributed by atoms with Crippen LogP contribution in [-0.2, 0) is 0 Å². The molecule has 0 bridgehead atoms. The van der Waals surface area contributed by atoms with Gasteiger partial charge in [-0.3, -0.25) is 10.1 Å². The Morgan fingerprint density at radius 2 is 1.93 bits per heavy atom. The number of hydrogen-bond acceptors (Lipinski definition) is 5. The number of oxazole rings is 1. The molecule has 4 aromatic rings. The van der Waals surface area contributed by atoms with Crippen molar-refractivity contribution >= 4 is 56.0 Å². The molecule has 0 aliphatic rings. The van der Waals surface area contributed by atoms with Crippen molar-refractivity contribution < 1.29 is 13.9 Å². The SMILES string of the molecule is COc1cccc(-c2nc3cc(NC(=S)NC(=O)c4ccccc4Br)ccc3o2)c1. The molecule has 0 radical (unpaired) electrons. The number of carbonyl (C=O) groups is 1. The summed E-state index contributed by atoms with van der Waals surface area (Å²) in [6.45, 7) is 0. The molecule has 30 heavy (non-hydrogen) atoms. The third-order valence-electron chi connectivity index (χ3n) is 4.31. The Kier molecular flexibility index (Phi) is 5.78. The largest absolute Gasteiger partial charge is 0.497 e. The van der Waals surface area contributed by atoms with Gasteiger partial charge in [-0.15, -0.1) is 0 Å². The molecule has 8 heteroatoms. The average molecular weight is 482 g/mol. The van der Waals surface area contributed by atoms with Gasteiger partial charge in [0.1, 0.15) is 11.3 Å². The van der Waals surface area contributed by atoms with E-state index in [1.807, 2.05) is 30.3 Å². The lowest BCUT2D eigenvalue weighted by Crippen LogP contribution is -2.34. The minimum Gasteiger partial charge on any atom is -0.497 e. The molecule has 3 aromatic carbocycles. The smallest absolute Gasteiger partial charge is 0.258 e. The number of ether oxygens (including phenoxy) is 1. The van der Waals surface area contributed by atoms with E-state index in [-0.39, 0.29) is 11.0 Å². The maximum absolute atomic E-state index is 12.4. The van der Waals surface area contributed by atoms with Gasteiger partial charge in [-0.05, 0) is 76.7 Å². The number of hydrogen-bond donors (Lipinski definition) is 2. The molecule has 1 aromatic heterocycles. The van der Waals surface area contributed by atoms with Crippen molar-refractivity contribution in [3.8, 4) is 17.2 Å². The van der Waals surface area contributed by atoms with Gasteiger partial charge in [0.2, 0.25) is 5.89 Å². The number of methoxy groups -OCH3 is 1. The lowest BCUT2D eigenvalue weighted by Gasteiger charge is -2.10. The predicted molar refractivity (Wildman–Crippen MR) is 124 cm³/mol. The van der Waals surface area contributed by atoms with Crippen LogP contribution in [0, 0.1) is 0 Å². The maximum Gasteiger partial charge on any atom is 0.258 e. The van der Waals surface area contributed by atoms with E-state index < -0.39 is 0 Å². The Balaban J connectivity index is 1.50. The van der Waals surface area contributed by atoms with Crippen LogP contribution in [0.25, 0.3) is 22.6 Å². The average Bonchev–Trinajstić information content (AvgIpc) is 3.17. The van der Waals surface area contributed by atoms with Crippen LogP contribution in [0.3, 0.4) is 0 Å². The number of nitrogens with one attached hydrogen (secondary N) is 2. The van der Waals surface area contributed by atoms with Gasteiger partial charge in [-0.1, -0.05) is 18.2 Å². The summed E-state index contributed by atoms with van der Waals surface area (Å²) in [4.78, 5) is 16.9. The van der Waals surface area contributed by atoms with E-state index in [9.17, 15) is 4.79 Å². The van der Waals surface area contributed by atoms with Gasteiger partial charge >= 0.3 is 0 Å².